The van der Waals surface area contributed by atoms with Gasteiger partial charge >= 0.3 is 0 Å². The number of pyridine rings is 1. The number of aliphatic hydroxyl groups excluding tert-OH is 1. The first-order valence-corrected chi connectivity index (χ1v) is 7.92. The molecule has 1 heterocycles. The third kappa shape index (κ3) is 5.89. The average molecular weight is 353 g/mol. The van der Waals surface area contributed by atoms with Gasteiger partial charge in [-0.15, -0.1) is 0 Å². The van der Waals surface area contributed by atoms with E-state index in [1.54, 1.807) is 18.2 Å². The molecular formula is C18H19N5O3. The summed E-state index contributed by atoms with van der Waals surface area (Å²) in [7, 11) is 0. The summed E-state index contributed by atoms with van der Waals surface area (Å²) >= 11 is 0. The van der Waals surface area contributed by atoms with E-state index in [1.807, 2.05) is 12.1 Å². The van der Waals surface area contributed by atoms with Crippen molar-refractivity contribution in [3.05, 3.63) is 59.4 Å². The van der Waals surface area contributed by atoms with Crippen LogP contribution >= 0.6 is 0 Å². The molecule has 0 aliphatic rings. The molecule has 134 valence electrons. The second-order valence-corrected chi connectivity index (χ2v) is 5.28. The standard InChI is InChI=1S/C18H19N5O3/c19-10-14-5-6-16(21-12-14)17(25)23-15-4-1-3-13(9-15)11-22-18(20)26-8-2-7-24/h1,3-6,9,12,24H,2,7-8,11H2,(H2,20,22)(H,23,25). The van der Waals surface area contributed by atoms with E-state index in [0.29, 0.717) is 30.8 Å². The van der Waals surface area contributed by atoms with Crippen molar-refractivity contribution >= 4 is 17.6 Å². The van der Waals surface area contributed by atoms with Gasteiger partial charge in [-0.1, -0.05) is 12.1 Å². The molecule has 2 rings (SSSR count). The molecule has 0 spiro atoms. The number of amidine groups is 1. The molecule has 0 unspecified atom stereocenters. The number of aromatic nitrogens is 1. The summed E-state index contributed by atoms with van der Waals surface area (Å²) < 4.78 is 5.14. The van der Waals surface area contributed by atoms with Crippen molar-refractivity contribution in [1.82, 2.24) is 4.98 Å². The highest BCUT2D eigenvalue weighted by Crippen LogP contribution is 2.13. The maximum Gasteiger partial charge on any atom is 0.282 e. The molecule has 0 aliphatic carbocycles. The Balaban J connectivity index is 1.96. The van der Waals surface area contributed by atoms with Crippen LogP contribution in [0.4, 0.5) is 5.69 Å². The SMILES string of the molecule is N#Cc1ccc(C(=O)Nc2cccc(CN=C(N)OCCCO)c2)nc1. The van der Waals surface area contributed by atoms with Crippen LogP contribution in [-0.2, 0) is 11.3 Å². The molecule has 8 heteroatoms. The van der Waals surface area contributed by atoms with Gasteiger partial charge in [0.25, 0.3) is 11.9 Å². The van der Waals surface area contributed by atoms with E-state index in [-0.39, 0.29) is 24.2 Å². The number of aliphatic imine (C=N–C) groups is 1. The number of anilines is 1. The molecule has 2 aromatic rings. The summed E-state index contributed by atoms with van der Waals surface area (Å²) in [6.45, 7) is 0.631. The number of nitrogens with zero attached hydrogens (tertiary/aromatic N) is 3. The Bertz CT molecular complexity index is 812. The normalized spacial score (nSPS) is 10.8. The zero-order chi connectivity index (χ0) is 18.8. The maximum absolute atomic E-state index is 12.2. The monoisotopic (exact) mass is 353 g/mol. The van der Waals surface area contributed by atoms with Gasteiger partial charge in [0, 0.05) is 24.9 Å². The zero-order valence-corrected chi connectivity index (χ0v) is 14.1. The van der Waals surface area contributed by atoms with Gasteiger partial charge in [-0.2, -0.15) is 5.26 Å². The van der Waals surface area contributed by atoms with E-state index < -0.39 is 0 Å². The second kappa shape index (κ2) is 9.76. The van der Waals surface area contributed by atoms with Crippen LogP contribution in [0.25, 0.3) is 0 Å². The van der Waals surface area contributed by atoms with Crippen molar-refractivity contribution in [2.75, 3.05) is 18.5 Å². The van der Waals surface area contributed by atoms with Crippen molar-refractivity contribution in [2.45, 2.75) is 13.0 Å². The van der Waals surface area contributed by atoms with Crippen LogP contribution in [0.1, 0.15) is 28.0 Å². The first kappa shape index (κ1) is 18.9. The molecule has 0 atom stereocenters. The molecule has 1 aromatic carbocycles. The van der Waals surface area contributed by atoms with Crippen LogP contribution in [0.15, 0.2) is 47.6 Å². The molecule has 0 radical (unpaired) electrons. The van der Waals surface area contributed by atoms with Crippen molar-refractivity contribution in [3.8, 4) is 6.07 Å². The predicted octanol–water partition coefficient (Wildman–Crippen LogP) is 1.42. The van der Waals surface area contributed by atoms with E-state index in [9.17, 15) is 4.79 Å². The predicted molar refractivity (Wildman–Crippen MR) is 96.3 cm³/mol. The number of ether oxygens (including phenoxy) is 1. The first-order chi connectivity index (χ1) is 12.6. The van der Waals surface area contributed by atoms with Gasteiger partial charge in [-0.3, -0.25) is 4.79 Å². The van der Waals surface area contributed by atoms with Gasteiger partial charge in [-0.25, -0.2) is 9.98 Å². The summed E-state index contributed by atoms with van der Waals surface area (Å²) in [6.07, 6.45) is 1.83. The molecule has 4 N–H and O–H groups in total. The highest BCUT2D eigenvalue weighted by atomic mass is 16.5. The molecule has 0 bridgehead atoms. The topological polar surface area (TPSA) is 134 Å². The smallest absolute Gasteiger partial charge is 0.282 e. The van der Waals surface area contributed by atoms with Gasteiger partial charge < -0.3 is 20.9 Å². The Hall–Kier alpha value is -3.44. The molecule has 1 amide bonds. The number of benzene rings is 1. The van der Waals surface area contributed by atoms with Gasteiger partial charge in [0.05, 0.1) is 18.7 Å². The first-order valence-electron chi connectivity index (χ1n) is 7.92. The molecule has 8 nitrogen and oxygen atoms in total. The minimum atomic E-state index is -0.373. The summed E-state index contributed by atoms with van der Waals surface area (Å²) in [5.74, 6) is -0.373. The fourth-order valence-electron chi connectivity index (χ4n) is 1.99. The summed E-state index contributed by atoms with van der Waals surface area (Å²) in [5.41, 5.74) is 7.66. The number of nitrogens with two attached hydrogens (primary N) is 1. The number of hydrogen-bond acceptors (Lipinski definition) is 6. The quantitative estimate of drug-likeness (QED) is 0.391. The van der Waals surface area contributed by atoms with Crippen molar-refractivity contribution < 1.29 is 14.6 Å². The van der Waals surface area contributed by atoms with Crippen molar-refractivity contribution in [1.29, 1.82) is 5.26 Å². The van der Waals surface area contributed by atoms with E-state index in [1.165, 1.54) is 18.3 Å². The lowest BCUT2D eigenvalue weighted by Gasteiger charge is -2.07. The van der Waals surface area contributed by atoms with Crippen LogP contribution in [0.2, 0.25) is 0 Å². The minimum Gasteiger partial charge on any atom is -0.465 e. The van der Waals surface area contributed by atoms with E-state index in [2.05, 4.69) is 15.3 Å². The molecule has 26 heavy (non-hydrogen) atoms. The van der Waals surface area contributed by atoms with E-state index in [4.69, 9.17) is 20.8 Å². The van der Waals surface area contributed by atoms with Gasteiger partial charge in [0.15, 0.2) is 0 Å². The number of hydrogen-bond donors (Lipinski definition) is 3. The fourth-order valence-corrected chi connectivity index (χ4v) is 1.99. The molecule has 0 aliphatic heterocycles. The highest BCUT2D eigenvalue weighted by Gasteiger charge is 2.08. The summed E-state index contributed by atoms with van der Waals surface area (Å²) in [4.78, 5) is 20.2. The highest BCUT2D eigenvalue weighted by molar-refractivity contribution is 6.02. The Morgan fingerprint density at radius 3 is 2.92 bits per heavy atom. The zero-order valence-electron chi connectivity index (χ0n) is 14.1. The number of carbonyl (C=O) groups is 1. The van der Waals surface area contributed by atoms with Crippen LogP contribution in [0.5, 0.6) is 0 Å². The molecule has 0 saturated carbocycles. The Morgan fingerprint density at radius 2 is 2.23 bits per heavy atom. The van der Waals surface area contributed by atoms with E-state index in [0.717, 1.165) is 5.56 Å². The number of nitrogens with one attached hydrogen (secondary N) is 1. The largest absolute Gasteiger partial charge is 0.465 e. The molecular weight excluding hydrogens is 334 g/mol. The van der Waals surface area contributed by atoms with Gasteiger partial charge in [0.1, 0.15) is 11.8 Å². The second-order valence-electron chi connectivity index (χ2n) is 5.28. The average Bonchev–Trinajstić information content (AvgIpc) is 2.67. The Labute approximate surface area is 151 Å². The number of amides is 1. The van der Waals surface area contributed by atoms with Crippen molar-refractivity contribution in [3.63, 3.8) is 0 Å². The Kier molecular flexibility index (Phi) is 7.09. The third-order valence-corrected chi connectivity index (χ3v) is 3.28. The number of aliphatic hydroxyl groups is 1. The van der Waals surface area contributed by atoms with Gasteiger partial charge in [-0.05, 0) is 29.8 Å². The fraction of sp³-hybridized carbons (Fsp3) is 0.222. The summed E-state index contributed by atoms with van der Waals surface area (Å²) in [6, 6.07) is 12.2. The number of nitriles is 1. The van der Waals surface area contributed by atoms with Gasteiger partial charge in [0.2, 0.25) is 0 Å². The lowest BCUT2D eigenvalue weighted by Crippen LogP contribution is -2.17. The Morgan fingerprint density at radius 1 is 1.38 bits per heavy atom. The van der Waals surface area contributed by atoms with Crippen LogP contribution in [-0.4, -0.2) is 35.2 Å². The summed E-state index contributed by atoms with van der Waals surface area (Å²) in [5, 5.41) is 20.2. The van der Waals surface area contributed by atoms with Crippen LogP contribution < -0.4 is 11.1 Å². The molecule has 1 aromatic heterocycles. The van der Waals surface area contributed by atoms with Crippen molar-refractivity contribution in [2.24, 2.45) is 10.7 Å². The lowest BCUT2D eigenvalue weighted by molar-refractivity contribution is 0.102. The maximum atomic E-state index is 12.2. The van der Waals surface area contributed by atoms with E-state index >= 15 is 0 Å². The minimum absolute atomic E-state index is 0.0309. The molecule has 0 fully saturated rings. The van der Waals surface area contributed by atoms with Crippen LogP contribution in [0.3, 0.4) is 0 Å². The number of rotatable bonds is 7. The van der Waals surface area contributed by atoms with Crippen LogP contribution in [0, 0.1) is 11.3 Å². The third-order valence-electron chi connectivity index (χ3n) is 3.28. The molecule has 0 saturated heterocycles. The lowest BCUT2D eigenvalue weighted by atomic mass is 10.2. The number of carbonyl (C=O) groups excluding carboxylic acids is 1.